The zero-order chi connectivity index (χ0) is 16.7. The van der Waals surface area contributed by atoms with Crippen LogP contribution in [0.1, 0.15) is 57.5 Å². The second-order valence-corrected chi connectivity index (χ2v) is 8.25. The van der Waals surface area contributed by atoms with Gasteiger partial charge in [0.15, 0.2) is 0 Å². The molecule has 1 atom stereocenters. The van der Waals surface area contributed by atoms with E-state index in [-0.39, 0.29) is 11.8 Å². The Morgan fingerprint density at radius 1 is 1.39 bits per heavy atom. The minimum absolute atomic E-state index is 0.0148. The van der Waals surface area contributed by atoms with E-state index in [1.165, 1.54) is 5.69 Å². The van der Waals surface area contributed by atoms with E-state index in [1.54, 1.807) is 0 Å². The molecule has 23 heavy (non-hydrogen) atoms. The molecular weight excluding hydrogens is 290 g/mol. The summed E-state index contributed by atoms with van der Waals surface area (Å²) in [5.41, 5.74) is 0.810. The molecule has 1 aliphatic carbocycles. The van der Waals surface area contributed by atoms with Crippen LogP contribution in [0.5, 0.6) is 0 Å². The average Bonchev–Trinajstić information content (AvgIpc) is 2.89. The number of amides is 1. The van der Waals surface area contributed by atoms with Gasteiger partial charge in [0.1, 0.15) is 5.82 Å². The lowest BCUT2D eigenvalue weighted by Crippen LogP contribution is -2.48. The Morgan fingerprint density at radius 3 is 2.78 bits per heavy atom. The fourth-order valence-electron chi connectivity index (χ4n) is 3.78. The highest BCUT2D eigenvalue weighted by molar-refractivity contribution is 5.78. The fraction of sp³-hybridized carbons (Fsp3) is 0.778. The number of aryl methyl sites for hydroxylation is 2. The Bertz CT molecular complexity index is 581. The number of hydrogen-bond donors (Lipinski definition) is 2. The van der Waals surface area contributed by atoms with Gasteiger partial charge in [0.05, 0.1) is 11.5 Å². The maximum Gasteiger partial charge on any atom is 0.225 e. The van der Waals surface area contributed by atoms with Crippen molar-refractivity contribution in [3.8, 4) is 0 Å². The molecule has 128 valence electrons. The smallest absolute Gasteiger partial charge is 0.225 e. The van der Waals surface area contributed by atoms with Crippen LogP contribution < -0.4 is 5.32 Å². The van der Waals surface area contributed by atoms with E-state index in [1.807, 2.05) is 13.1 Å². The molecule has 2 aliphatic rings. The summed E-state index contributed by atoms with van der Waals surface area (Å²) >= 11 is 0. The van der Waals surface area contributed by atoms with Gasteiger partial charge in [-0.2, -0.15) is 0 Å². The van der Waals surface area contributed by atoms with Gasteiger partial charge >= 0.3 is 0 Å². The Balaban J connectivity index is 1.53. The molecule has 2 N–H and O–H groups in total. The molecule has 1 saturated carbocycles. The zero-order valence-electron chi connectivity index (χ0n) is 14.6. The van der Waals surface area contributed by atoms with E-state index in [4.69, 9.17) is 0 Å². The van der Waals surface area contributed by atoms with Crippen molar-refractivity contribution in [2.75, 3.05) is 6.54 Å². The molecule has 3 rings (SSSR count). The summed E-state index contributed by atoms with van der Waals surface area (Å²) in [6.07, 6.45) is 7.25. The highest BCUT2D eigenvalue weighted by atomic mass is 16.3. The van der Waals surface area contributed by atoms with Gasteiger partial charge < -0.3 is 15.0 Å². The first-order chi connectivity index (χ1) is 10.8. The number of rotatable bonds is 3. The van der Waals surface area contributed by atoms with Crippen molar-refractivity contribution >= 4 is 5.91 Å². The van der Waals surface area contributed by atoms with Crippen LogP contribution in [-0.2, 0) is 17.8 Å². The van der Waals surface area contributed by atoms with Gasteiger partial charge in [0.2, 0.25) is 5.91 Å². The maximum absolute atomic E-state index is 12.5. The molecule has 5 heteroatoms. The second kappa shape index (κ2) is 5.93. The highest BCUT2D eigenvalue weighted by Gasteiger charge is 2.37. The Labute approximate surface area is 138 Å². The third-order valence-corrected chi connectivity index (χ3v) is 5.79. The summed E-state index contributed by atoms with van der Waals surface area (Å²) < 4.78 is 2.14. The molecule has 0 spiro atoms. The molecule has 1 amide bonds. The summed E-state index contributed by atoms with van der Waals surface area (Å²) in [5, 5.41) is 13.7. The van der Waals surface area contributed by atoms with Gasteiger partial charge in [-0.25, -0.2) is 4.98 Å². The molecule has 0 unspecified atom stereocenters. The number of nitrogens with one attached hydrogen (secondary N) is 1. The Morgan fingerprint density at radius 2 is 2.09 bits per heavy atom. The van der Waals surface area contributed by atoms with Crippen molar-refractivity contribution in [1.29, 1.82) is 0 Å². The number of imidazole rings is 1. The maximum atomic E-state index is 12.5. The van der Waals surface area contributed by atoms with Crippen LogP contribution in [0, 0.1) is 18.3 Å². The van der Waals surface area contributed by atoms with Crippen molar-refractivity contribution < 1.29 is 9.90 Å². The molecule has 1 aromatic heterocycles. The molecule has 0 aromatic carbocycles. The Kier molecular flexibility index (Phi) is 4.25. The molecule has 1 fully saturated rings. The van der Waals surface area contributed by atoms with E-state index in [9.17, 15) is 9.90 Å². The van der Waals surface area contributed by atoms with Gasteiger partial charge in [0.25, 0.3) is 0 Å². The average molecular weight is 319 g/mol. The quantitative estimate of drug-likeness (QED) is 0.897. The van der Waals surface area contributed by atoms with E-state index >= 15 is 0 Å². The van der Waals surface area contributed by atoms with Crippen LogP contribution in [0.4, 0.5) is 0 Å². The number of nitrogens with zero attached hydrogens (tertiary/aromatic N) is 2. The number of hydrogen-bond acceptors (Lipinski definition) is 3. The molecule has 1 aromatic rings. The topological polar surface area (TPSA) is 67.2 Å². The van der Waals surface area contributed by atoms with Gasteiger partial charge in [-0.3, -0.25) is 4.79 Å². The predicted molar refractivity (Wildman–Crippen MR) is 89.0 cm³/mol. The predicted octanol–water partition coefficient (Wildman–Crippen LogP) is 2.20. The lowest BCUT2D eigenvalue weighted by Gasteiger charge is -2.40. The number of aromatic nitrogens is 2. The van der Waals surface area contributed by atoms with Crippen LogP contribution in [-0.4, -0.2) is 32.7 Å². The minimum atomic E-state index is -0.726. The van der Waals surface area contributed by atoms with E-state index in [0.29, 0.717) is 18.5 Å². The van der Waals surface area contributed by atoms with Crippen molar-refractivity contribution in [3.63, 3.8) is 0 Å². The monoisotopic (exact) mass is 319 g/mol. The summed E-state index contributed by atoms with van der Waals surface area (Å²) in [6.45, 7) is 7.57. The number of carbonyl (C=O) groups is 1. The van der Waals surface area contributed by atoms with Crippen LogP contribution in [0.15, 0.2) is 6.20 Å². The van der Waals surface area contributed by atoms with Gasteiger partial charge in [-0.1, -0.05) is 13.8 Å². The fourth-order valence-corrected chi connectivity index (χ4v) is 3.78. The third-order valence-electron chi connectivity index (χ3n) is 5.79. The summed E-state index contributed by atoms with van der Waals surface area (Å²) in [6, 6.07) is 0. The van der Waals surface area contributed by atoms with E-state index in [0.717, 1.165) is 44.3 Å². The van der Waals surface area contributed by atoms with Crippen LogP contribution in [0.2, 0.25) is 0 Å². The largest absolute Gasteiger partial charge is 0.388 e. The van der Waals surface area contributed by atoms with Crippen molar-refractivity contribution in [2.45, 2.75) is 71.4 Å². The van der Waals surface area contributed by atoms with E-state index < -0.39 is 5.60 Å². The summed E-state index contributed by atoms with van der Waals surface area (Å²) in [7, 11) is 0. The SMILES string of the molecule is Cc1ncc2n1C[C@@H](C(=O)NCC1(O)CCC(C)(C)CC1)CC2. The lowest BCUT2D eigenvalue weighted by atomic mass is 9.71. The standard InChI is InChI=1S/C18H29N3O2/c1-13-19-10-15-5-4-14(11-21(13)15)16(22)20-12-18(23)8-6-17(2,3)7-9-18/h10,14,23H,4-9,11-12H2,1-3H3,(H,20,22)/t14-/m0/s1. The number of carbonyl (C=O) groups excluding carboxylic acids is 1. The highest BCUT2D eigenvalue weighted by Crippen LogP contribution is 2.39. The second-order valence-electron chi connectivity index (χ2n) is 8.25. The number of aliphatic hydroxyl groups is 1. The molecule has 5 nitrogen and oxygen atoms in total. The van der Waals surface area contributed by atoms with Gasteiger partial charge in [-0.15, -0.1) is 0 Å². The summed E-state index contributed by atoms with van der Waals surface area (Å²) in [4.78, 5) is 16.8. The van der Waals surface area contributed by atoms with Crippen LogP contribution >= 0.6 is 0 Å². The molecule has 1 aliphatic heterocycles. The first-order valence-corrected chi connectivity index (χ1v) is 8.79. The molecule has 0 radical (unpaired) electrons. The molecule has 0 bridgehead atoms. The van der Waals surface area contributed by atoms with E-state index in [2.05, 4.69) is 28.7 Å². The zero-order valence-corrected chi connectivity index (χ0v) is 14.6. The van der Waals surface area contributed by atoms with Crippen LogP contribution in [0.3, 0.4) is 0 Å². The van der Waals surface area contributed by atoms with Crippen molar-refractivity contribution in [2.24, 2.45) is 11.3 Å². The van der Waals surface area contributed by atoms with Crippen molar-refractivity contribution in [1.82, 2.24) is 14.9 Å². The Hall–Kier alpha value is -1.36. The first-order valence-electron chi connectivity index (χ1n) is 8.79. The van der Waals surface area contributed by atoms with Gasteiger partial charge in [-0.05, 0) is 50.9 Å². The number of fused-ring (bicyclic) bond motifs is 1. The molecule has 0 saturated heterocycles. The molecular formula is C18H29N3O2. The van der Waals surface area contributed by atoms with Crippen molar-refractivity contribution in [3.05, 3.63) is 17.7 Å². The van der Waals surface area contributed by atoms with Crippen LogP contribution in [0.25, 0.3) is 0 Å². The minimum Gasteiger partial charge on any atom is -0.388 e. The summed E-state index contributed by atoms with van der Waals surface area (Å²) in [5.74, 6) is 1.03. The van der Waals surface area contributed by atoms with Gasteiger partial charge in [0, 0.05) is 25.0 Å². The third kappa shape index (κ3) is 3.60. The normalized spacial score (nSPS) is 25.7. The lowest BCUT2D eigenvalue weighted by molar-refractivity contribution is -0.127. The first kappa shape index (κ1) is 16.5. The molecule has 2 heterocycles.